The van der Waals surface area contributed by atoms with Gasteiger partial charge in [-0.25, -0.2) is 0 Å². The lowest BCUT2D eigenvalue weighted by molar-refractivity contribution is 0.480. The fourth-order valence-corrected chi connectivity index (χ4v) is 3.37. The fraction of sp³-hybridized carbons (Fsp3) is 0.737. The molecular weight excluding hydrogens is 256 g/mol. The molecule has 1 aromatic rings. The Morgan fingerprint density at radius 3 is 1.86 bits per heavy atom. The highest BCUT2D eigenvalue weighted by molar-refractivity contribution is 5.48. The number of pyridine rings is 1. The zero-order valence-corrected chi connectivity index (χ0v) is 14.0. The Morgan fingerprint density at radius 1 is 0.810 bits per heavy atom. The van der Waals surface area contributed by atoms with E-state index in [4.69, 9.17) is 0 Å². The molecular formula is C19H32N2. The van der Waals surface area contributed by atoms with E-state index in [1.807, 2.05) is 0 Å². The number of hydrogen-bond donors (Lipinski definition) is 1. The molecule has 2 nitrogen and oxygen atoms in total. The molecule has 1 saturated carbocycles. The van der Waals surface area contributed by atoms with E-state index in [1.165, 1.54) is 76.3 Å². The third-order valence-corrected chi connectivity index (χ3v) is 4.69. The molecule has 0 aliphatic heterocycles. The summed E-state index contributed by atoms with van der Waals surface area (Å²) in [6.07, 6.45) is 15.4. The van der Waals surface area contributed by atoms with Crippen molar-refractivity contribution in [3.8, 4) is 0 Å². The van der Waals surface area contributed by atoms with Crippen molar-refractivity contribution in [2.75, 3.05) is 5.32 Å². The van der Waals surface area contributed by atoms with E-state index >= 15 is 0 Å². The van der Waals surface area contributed by atoms with Crippen molar-refractivity contribution in [3.63, 3.8) is 0 Å². The maximum Gasteiger partial charge on any atom is 0.0606 e. The molecule has 0 atom stereocenters. The van der Waals surface area contributed by atoms with Crippen LogP contribution in [0.15, 0.2) is 12.1 Å². The molecule has 1 aromatic heterocycles. The van der Waals surface area contributed by atoms with Gasteiger partial charge in [-0.3, -0.25) is 4.98 Å². The van der Waals surface area contributed by atoms with Gasteiger partial charge in [0.1, 0.15) is 0 Å². The molecule has 1 fully saturated rings. The summed E-state index contributed by atoms with van der Waals surface area (Å²) in [5, 5.41) is 3.77. The predicted octanol–water partition coefficient (Wildman–Crippen LogP) is 5.78. The van der Waals surface area contributed by atoms with Crippen LogP contribution < -0.4 is 5.32 Å². The summed E-state index contributed by atoms with van der Waals surface area (Å²) in [6, 6.07) is 4.95. The quantitative estimate of drug-likeness (QED) is 0.745. The first-order valence-electron chi connectivity index (χ1n) is 8.96. The van der Waals surface area contributed by atoms with Crippen LogP contribution in [-0.4, -0.2) is 11.0 Å². The van der Waals surface area contributed by atoms with Crippen LogP contribution in [0.4, 0.5) is 5.69 Å². The SMILES string of the molecule is Cc1ccc(NC2CCCCCCCCCCC2)c(C)n1. The largest absolute Gasteiger partial charge is 0.381 e. The van der Waals surface area contributed by atoms with Crippen molar-refractivity contribution in [1.82, 2.24) is 4.98 Å². The van der Waals surface area contributed by atoms with Gasteiger partial charge in [-0.15, -0.1) is 0 Å². The highest BCUT2D eigenvalue weighted by Crippen LogP contribution is 2.21. The van der Waals surface area contributed by atoms with E-state index in [-0.39, 0.29) is 0 Å². The highest BCUT2D eigenvalue weighted by Gasteiger charge is 2.11. The fourth-order valence-electron chi connectivity index (χ4n) is 3.37. The normalized spacial score (nSPS) is 19.5. The van der Waals surface area contributed by atoms with E-state index < -0.39 is 0 Å². The maximum absolute atomic E-state index is 4.58. The minimum atomic E-state index is 0.632. The van der Waals surface area contributed by atoms with Gasteiger partial charge in [0.25, 0.3) is 0 Å². The van der Waals surface area contributed by atoms with Gasteiger partial charge in [0.05, 0.1) is 11.4 Å². The van der Waals surface area contributed by atoms with E-state index in [9.17, 15) is 0 Å². The Kier molecular flexibility index (Phi) is 7.05. The number of anilines is 1. The summed E-state index contributed by atoms with van der Waals surface area (Å²) in [7, 11) is 0. The molecule has 0 spiro atoms. The summed E-state index contributed by atoms with van der Waals surface area (Å²) in [6.45, 7) is 4.18. The molecule has 1 aliphatic carbocycles. The van der Waals surface area contributed by atoms with E-state index in [1.54, 1.807) is 0 Å². The van der Waals surface area contributed by atoms with Crippen molar-refractivity contribution >= 4 is 5.69 Å². The average molecular weight is 288 g/mol. The Hall–Kier alpha value is -1.05. The first kappa shape index (κ1) is 16.3. The molecule has 0 bridgehead atoms. The van der Waals surface area contributed by atoms with Gasteiger partial charge in [0.2, 0.25) is 0 Å². The van der Waals surface area contributed by atoms with Gasteiger partial charge < -0.3 is 5.32 Å². The van der Waals surface area contributed by atoms with Crippen LogP contribution in [0.3, 0.4) is 0 Å². The minimum Gasteiger partial charge on any atom is -0.381 e. The van der Waals surface area contributed by atoms with Crippen LogP contribution in [-0.2, 0) is 0 Å². The summed E-state index contributed by atoms with van der Waals surface area (Å²) in [4.78, 5) is 4.58. The lowest BCUT2D eigenvalue weighted by Crippen LogP contribution is -2.20. The third-order valence-electron chi connectivity index (χ3n) is 4.69. The van der Waals surface area contributed by atoms with Crippen LogP contribution >= 0.6 is 0 Å². The number of aryl methyl sites for hydroxylation is 2. The number of nitrogens with one attached hydrogen (secondary N) is 1. The second-order valence-corrected chi connectivity index (χ2v) is 6.69. The molecule has 21 heavy (non-hydrogen) atoms. The summed E-state index contributed by atoms with van der Waals surface area (Å²) in [5.41, 5.74) is 3.48. The van der Waals surface area contributed by atoms with E-state index in [2.05, 4.69) is 36.3 Å². The second kappa shape index (κ2) is 9.07. The molecule has 2 rings (SSSR count). The van der Waals surface area contributed by atoms with Crippen LogP contribution in [0, 0.1) is 13.8 Å². The number of rotatable bonds is 2. The zero-order chi connectivity index (χ0) is 14.9. The lowest BCUT2D eigenvalue weighted by Gasteiger charge is -2.21. The topological polar surface area (TPSA) is 24.9 Å². The molecule has 1 aliphatic rings. The Labute approximate surface area is 130 Å². The monoisotopic (exact) mass is 288 g/mol. The first-order valence-corrected chi connectivity index (χ1v) is 8.96. The molecule has 0 unspecified atom stereocenters. The van der Waals surface area contributed by atoms with Gasteiger partial charge in [-0.1, -0.05) is 57.8 Å². The molecule has 0 saturated heterocycles. The average Bonchev–Trinajstić information content (AvgIpc) is 2.44. The predicted molar refractivity (Wildman–Crippen MR) is 91.9 cm³/mol. The van der Waals surface area contributed by atoms with Crippen LogP contribution in [0.25, 0.3) is 0 Å². The smallest absolute Gasteiger partial charge is 0.0606 e. The molecule has 2 heteroatoms. The Bertz CT molecular complexity index is 402. The van der Waals surface area contributed by atoms with E-state index in [0.29, 0.717) is 6.04 Å². The number of hydrogen-bond acceptors (Lipinski definition) is 2. The van der Waals surface area contributed by atoms with Crippen molar-refractivity contribution in [3.05, 3.63) is 23.5 Å². The molecule has 0 radical (unpaired) electrons. The Morgan fingerprint density at radius 2 is 1.33 bits per heavy atom. The lowest BCUT2D eigenvalue weighted by atomic mass is 9.97. The maximum atomic E-state index is 4.58. The van der Waals surface area contributed by atoms with Crippen molar-refractivity contribution < 1.29 is 0 Å². The summed E-state index contributed by atoms with van der Waals surface area (Å²) in [5.74, 6) is 0. The van der Waals surface area contributed by atoms with Gasteiger partial charge in [0.15, 0.2) is 0 Å². The van der Waals surface area contributed by atoms with Gasteiger partial charge in [-0.05, 0) is 38.8 Å². The highest BCUT2D eigenvalue weighted by atomic mass is 14.9. The van der Waals surface area contributed by atoms with Gasteiger partial charge in [-0.2, -0.15) is 0 Å². The van der Waals surface area contributed by atoms with Crippen LogP contribution in [0.1, 0.15) is 82.0 Å². The molecule has 0 aromatic carbocycles. The van der Waals surface area contributed by atoms with Gasteiger partial charge in [0, 0.05) is 11.7 Å². The first-order chi connectivity index (χ1) is 10.3. The Balaban J connectivity index is 1.90. The third kappa shape index (κ3) is 6.07. The number of nitrogens with zero attached hydrogens (tertiary/aromatic N) is 1. The molecule has 0 amide bonds. The molecule has 1 N–H and O–H groups in total. The molecule has 1 heterocycles. The van der Waals surface area contributed by atoms with Crippen LogP contribution in [0.2, 0.25) is 0 Å². The van der Waals surface area contributed by atoms with Gasteiger partial charge >= 0.3 is 0 Å². The second-order valence-electron chi connectivity index (χ2n) is 6.69. The summed E-state index contributed by atoms with van der Waals surface area (Å²) < 4.78 is 0. The van der Waals surface area contributed by atoms with Crippen molar-refractivity contribution in [2.24, 2.45) is 0 Å². The number of aromatic nitrogens is 1. The summed E-state index contributed by atoms with van der Waals surface area (Å²) >= 11 is 0. The van der Waals surface area contributed by atoms with E-state index in [0.717, 1.165) is 11.4 Å². The standard InChI is InChI=1S/C19H32N2/c1-16-14-15-19(17(2)20-16)21-18-12-10-8-6-4-3-5-7-9-11-13-18/h14-15,18,21H,3-13H2,1-2H3. The van der Waals surface area contributed by atoms with Crippen LogP contribution in [0.5, 0.6) is 0 Å². The molecule has 118 valence electrons. The zero-order valence-electron chi connectivity index (χ0n) is 14.0. The minimum absolute atomic E-state index is 0.632. The van der Waals surface area contributed by atoms with Crippen molar-refractivity contribution in [1.29, 1.82) is 0 Å². The van der Waals surface area contributed by atoms with Crippen molar-refractivity contribution in [2.45, 2.75) is 90.5 Å².